The van der Waals surface area contributed by atoms with Gasteiger partial charge in [-0.25, -0.2) is 0 Å². The molecule has 0 aliphatic carbocycles. The Morgan fingerprint density at radius 2 is 1.91 bits per heavy atom. The maximum absolute atomic E-state index is 12.9. The van der Waals surface area contributed by atoms with Crippen molar-refractivity contribution in [1.29, 1.82) is 0 Å². The molecule has 1 aromatic heterocycles. The number of carbonyl (C=O) groups is 1. The third-order valence-electron chi connectivity index (χ3n) is 4.46. The highest BCUT2D eigenvalue weighted by Crippen LogP contribution is 2.23. The van der Waals surface area contributed by atoms with Gasteiger partial charge in [0.1, 0.15) is 5.69 Å². The van der Waals surface area contributed by atoms with Crippen LogP contribution in [0.4, 0.5) is 0 Å². The van der Waals surface area contributed by atoms with Crippen LogP contribution in [0.5, 0.6) is 0 Å². The second-order valence-corrected chi connectivity index (χ2v) is 6.45. The first-order valence-corrected chi connectivity index (χ1v) is 8.23. The summed E-state index contributed by atoms with van der Waals surface area (Å²) in [5.74, 6) is 0.0500. The van der Waals surface area contributed by atoms with Gasteiger partial charge in [0, 0.05) is 29.0 Å². The molecule has 0 saturated carbocycles. The van der Waals surface area contributed by atoms with Crippen molar-refractivity contribution in [3.63, 3.8) is 0 Å². The van der Waals surface area contributed by atoms with Crippen molar-refractivity contribution in [2.24, 2.45) is 0 Å². The molecule has 4 heteroatoms. The summed E-state index contributed by atoms with van der Waals surface area (Å²) < 4.78 is 0. The number of H-pyrrole nitrogens is 1. The Labute approximate surface area is 139 Å². The molecule has 2 heterocycles. The fourth-order valence-corrected chi connectivity index (χ4v) is 3.43. The average molecular weight is 325 g/mol. The van der Waals surface area contributed by atoms with Gasteiger partial charge in [-0.05, 0) is 42.2 Å². The number of nitrogens with one attached hydrogen (secondary N) is 1. The van der Waals surface area contributed by atoms with E-state index in [0.717, 1.165) is 30.3 Å². The molecule has 0 unspecified atom stereocenters. The summed E-state index contributed by atoms with van der Waals surface area (Å²) in [6.45, 7) is 1.45. The SMILES string of the molecule is O=C(c1cc2ccc(Cl)cc2[nH]1)N1CCCc2ccccc2C1. The number of carbonyl (C=O) groups excluding carboxylic acids is 1. The highest BCUT2D eigenvalue weighted by Gasteiger charge is 2.21. The van der Waals surface area contributed by atoms with Gasteiger partial charge in [-0.2, -0.15) is 0 Å². The zero-order chi connectivity index (χ0) is 15.8. The molecule has 0 fully saturated rings. The van der Waals surface area contributed by atoms with Crippen molar-refractivity contribution >= 4 is 28.4 Å². The van der Waals surface area contributed by atoms with Gasteiger partial charge < -0.3 is 9.88 Å². The number of hydrogen-bond acceptors (Lipinski definition) is 1. The second kappa shape index (κ2) is 5.74. The molecule has 0 radical (unpaired) electrons. The first kappa shape index (κ1) is 14.3. The van der Waals surface area contributed by atoms with Crippen LogP contribution >= 0.6 is 11.6 Å². The molecule has 2 aromatic carbocycles. The molecule has 23 heavy (non-hydrogen) atoms. The second-order valence-electron chi connectivity index (χ2n) is 6.01. The van der Waals surface area contributed by atoms with Crippen molar-refractivity contribution in [3.05, 3.63) is 70.4 Å². The van der Waals surface area contributed by atoms with Crippen LogP contribution in [0.2, 0.25) is 5.02 Å². The third-order valence-corrected chi connectivity index (χ3v) is 4.69. The molecule has 3 aromatic rings. The normalized spacial score (nSPS) is 14.6. The average Bonchev–Trinajstić information content (AvgIpc) is 2.85. The lowest BCUT2D eigenvalue weighted by atomic mass is 10.0. The standard InChI is InChI=1S/C19H17ClN2O/c20-16-8-7-14-10-18(21-17(14)11-16)19(23)22-9-3-6-13-4-1-2-5-15(13)12-22/h1-2,4-5,7-8,10-11,21H,3,6,9,12H2. The molecule has 0 saturated heterocycles. The predicted molar refractivity (Wildman–Crippen MR) is 92.8 cm³/mol. The lowest BCUT2D eigenvalue weighted by molar-refractivity contribution is 0.0741. The number of rotatable bonds is 1. The molecule has 0 bridgehead atoms. The molecule has 1 amide bonds. The quantitative estimate of drug-likeness (QED) is 0.707. The fraction of sp³-hybridized carbons (Fsp3) is 0.211. The molecule has 0 atom stereocenters. The van der Waals surface area contributed by atoms with Crippen LogP contribution in [0.25, 0.3) is 10.9 Å². The van der Waals surface area contributed by atoms with Gasteiger partial charge in [0.05, 0.1) is 0 Å². The molecule has 3 nitrogen and oxygen atoms in total. The Hall–Kier alpha value is -2.26. The van der Waals surface area contributed by atoms with E-state index in [1.165, 1.54) is 11.1 Å². The van der Waals surface area contributed by atoms with Gasteiger partial charge in [0.15, 0.2) is 0 Å². The molecule has 4 rings (SSSR count). The number of fused-ring (bicyclic) bond motifs is 2. The Morgan fingerprint density at radius 1 is 1.09 bits per heavy atom. The lowest BCUT2D eigenvalue weighted by Gasteiger charge is -2.20. The first-order valence-electron chi connectivity index (χ1n) is 7.85. The molecule has 1 N–H and O–H groups in total. The predicted octanol–water partition coefficient (Wildman–Crippen LogP) is 4.41. The topological polar surface area (TPSA) is 36.1 Å². The summed E-state index contributed by atoms with van der Waals surface area (Å²) in [6, 6.07) is 15.9. The highest BCUT2D eigenvalue weighted by molar-refractivity contribution is 6.31. The van der Waals surface area contributed by atoms with Crippen molar-refractivity contribution in [3.8, 4) is 0 Å². The van der Waals surface area contributed by atoms with Crippen molar-refractivity contribution < 1.29 is 4.79 Å². The van der Waals surface area contributed by atoms with Gasteiger partial charge in [-0.1, -0.05) is 41.9 Å². The zero-order valence-corrected chi connectivity index (χ0v) is 13.4. The molecular formula is C19H17ClN2O. The van der Waals surface area contributed by atoms with Gasteiger partial charge in [-0.3, -0.25) is 4.79 Å². The Morgan fingerprint density at radius 3 is 2.78 bits per heavy atom. The summed E-state index contributed by atoms with van der Waals surface area (Å²) in [5.41, 5.74) is 4.13. The number of halogens is 1. The first-order chi connectivity index (χ1) is 11.2. The lowest BCUT2D eigenvalue weighted by Crippen LogP contribution is -2.30. The Bertz CT molecular complexity index is 884. The molecule has 116 valence electrons. The highest BCUT2D eigenvalue weighted by atomic mass is 35.5. The van der Waals surface area contributed by atoms with Crippen molar-refractivity contribution in [2.75, 3.05) is 6.54 Å². The monoisotopic (exact) mass is 324 g/mol. The minimum absolute atomic E-state index is 0.0500. The smallest absolute Gasteiger partial charge is 0.270 e. The summed E-state index contributed by atoms with van der Waals surface area (Å²) in [4.78, 5) is 18.0. The van der Waals surface area contributed by atoms with E-state index in [0.29, 0.717) is 17.3 Å². The molecule has 1 aliphatic heterocycles. The van der Waals surface area contributed by atoms with E-state index in [2.05, 4.69) is 23.2 Å². The molecule has 1 aliphatic rings. The van der Waals surface area contributed by atoms with Crippen LogP contribution in [0.3, 0.4) is 0 Å². The maximum atomic E-state index is 12.9. The van der Waals surface area contributed by atoms with E-state index in [1.54, 1.807) is 0 Å². The van der Waals surface area contributed by atoms with E-state index < -0.39 is 0 Å². The van der Waals surface area contributed by atoms with E-state index >= 15 is 0 Å². The number of benzene rings is 2. The summed E-state index contributed by atoms with van der Waals surface area (Å²) >= 11 is 6.02. The summed E-state index contributed by atoms with van der Waals surface area (Å²) in [7, 11) is 0. The van der Waals surface area contributed by atoms with Crippen molar-refractivity contribution in [2.45, 2.75) is 19.4 Å². The zero-order valence-electron chi connectivity index (χ0n) is 12.7. The van der Waals surface area contributed by atoms with E-state index in [1.807, 2.05) is 35.2 Å². The minimum atomic E-state index is 0.0500. The van der Waals surface area contributed by atoms with E-state index in [9.17, 15) is 4.79 Å². The van der Waals surface area contributed by atoms with Crippen LogP contribution in [0.15, 0.2) is 48.5 Å². The largest absolute Gasteiger partial charge is 0.350 e. The number of aromatic nitrogens is 1. The van der Waals surface area contributed by atoms with Crippen LogP contribution in [0, 0.1) is 0 Å². The third kappa shape index (κ3) is 2.73. The van der Waals surface area contributed by atoms with Gasteiger partial charge in [0.2, 0.25) is 0 Å². The molecule has 0 spiro atoms. The van der Waals surface area contributed by atoms with Crippen LogP contribution < -0.4 is 0 Å². The van der Waals surface area contributed by atoms with Gasteiger partial charge in [-0.15, -0.1) is 0 Å². The Kier molecular flexibility index (Phi) is 3.58. The van der Waals surface area contributed by atoms with Gasteiger partial charge in [0.25, 0.3) is 5.91 Å². The fourth-order valence-electron chi connectivity index (χ4n) is 3.26. The summed E-state index contributed by atoms with van der Waals surface area (Å²) in [6.07, 6.45) is 2.02. The minimum Gasteiger partial charge on any atom is -0.350 e. The number of hydrogen-bond donors (Lipinski definition) is 1. The van der Waals surface area contributed by atoms with E-state index in [-0.39, 0.29) is 5.91 Å². The molecular weight excluding hydrogens is 308 g/mol. The summed E-state index contributed by atoms with van der Waals surface area (Å²) in [5, 5.41) is 1.68. The van der Waals surface area contributed by atoms with Crippen molar-refractivity contribution in [1.82, 2.24) is 9.88 Å². The van der Waals surface area contributed by atoms with E-state index in [4.69, 9.17) is 11.6 Å². The number of nitrogens with zero attached hydrogens (tertiary/aromatic N) is 1. The van der Waals surface area contributed by atoms with Crippen LogP contribution in [-0.4, -0.2) is 22.3 Å². The number of aromatic amines is 1. The Balaban J connectivity index is 1.65. The van der Waals surface area contributed by atoms with Crippen LogP contribution in [-0.2, 0) is 13.0 Å². The maximum Gasteiger partial charge on any atom is 0.270 e. The number of amides is 1. The van der Waals surface area contributed by atoms with Gasteiger partial charge >= 0.3 is 0 Å². The van der Waals surface area contributed by atoms with Crippen LogP contribution in [0.1, 0.15) is 28.0 Å². The number of aryl methyl sites for hydroxylation is 1.